The Morgan fingerprint density at radius 2 is 1.93 bits per heavy atom. The van der Waals surface area contributed by atoms with Gasteiger partial charge in [0.15, 0.2) is 16.8 Å². The highest BCUT2D eigenvalue weighted by atomic mass is 32.2. The van der Waals surface area contributed by atoms with Crippen LogP contribution in [0, 0.1) is 11.6 Å². The highest BCUT2D eigenvalue weighted by Gasteiger charge is 2.22. The predicted molar refractivity (Wildman–Crippen MR) is 103 cm³/mol. The lowest BCUT2D eigenvalue weighted by Gasteiger charge is -2.10. The van der Waals surface area contributed by atoms with Crippen molar-refractivity contribution in [1.82, 2.24) is 19.7 Å². The Bertz CT molecular complexity index is 1160. The first-order chi connectivity index (χ1) is 14.6. The maximum Gasteiger partial charge on any atom is 0.196 e. The van der Waals surface area contributed by atoms with Crippen LogP contribution < -0.4 is 0 Å². The van der Waals surface area contributed by atoms with E-state index in [1.54, 1.807) is 41.1 Å². The summed E-state index contributed by atoms with van der Waals surface area (Å²) in [6.45, 7) is -0.616. The molecule has 0 amide bonds. The Hall–Kier alpha value is -3.37. The average molecular weight is 428 g/mol. The van der Waals surface area contributed by atoms with E-state index in [-0.39, 0.29) is 22.2 Å². The number of pyridine rings is 1. The van der Waals surface area contributed by atoms with Crippen molar-refractivity contribution >= 4 is 17.5 Å². The Kier molecular flexibility index (Phi) is 5.68. The summed E-state index contributed by atoms with van der Waals surface area (Å²) in [4.78, 5) is 15.5. The Balaban J connectivity index is 1.74. The van der Waals surface area contributed by atoms with E-state index in [1.807, 2.05) is 0 Å². The summed E-state index contributed by atoms with van der Waals surface area (Å²) in [5.41, 5.74) is 0.288. The van der Waals surface area contributed by atoms with Gasteiger partial charge in [0.05, 0.1) is 17.7 Å². The monoisotopic (exact) mass is 428 g/mol. The molecule has 0 spiro atoms. The van der Waals surface area contributed by atoms with E-state index in [0.717, 1.165) is 23.9 Å². The fourth-order valence-corrected chi connectivity index (χ4v) is 3.59. The number of carbonyl (C=O) groups excluding carboxylic acids is 1. The zero-order valence-electron chi connectivity index (χ0n) is 15.3. The van der Waals surface area contributed by atoms with Crippen molar-refractivity contribution in [2.24, 2.45) is 0 Å². The number of furan rings is 1. The van der Waals surface area contributed by atoms with E-state index in [9.17, 15) is 13.6 Å². The molecule has 0 fully saturated rings. The van der Waals surface area contributed by atoms with Crippen LogP contribution in [0.2, 0.25) is 0 Å². The summed E-state index contributed by atoms with van der Waals surface area (Å²) < 4.78 is 36.1. The van der Waals surface area contributed by atoms with Crippen LogP contribution >= 0.6 is 11.8 Å². The van der Waals surface area contributed by atoms with Crippen LogP contribution in [-0.4, -0.2) is 37.2 Å². The molecular formula is C20H14F2N4O3S. The number of hydrogen-bond acceptors (Lipinski definition) is 7. The zero-order valence-corrected chi connectivity index (χ0v) is 16.1. The smallest absolute Gasteiger partial charge is 0.196 e. The molecule has 0 aliphatic carbocycles. The number of ketones is 1. The molecule has 0 saturated heterocycles. The third kappa shape index (κ3) is 4.00. The van der Waals surface area contributed by atoms with Gasteiger partial charge in [0.1, 0.15) is 29.7 Å². The molecule has 1 N–H and O–H groups in total. The van der Waals surface area contributed by atoms with Gasteiger partial charge >= 0.3 is 0 Å². The topological polar surface area (TPSA) is 94.0 Å². The van der Waals surface area contributed by atoms with E-state index in [1.165, 1.54) is 6.26 Å². The van der Waals surface area contributed by atoms with Gasteiger partial charge in [-0.1, -0.05) is 6.07 Å². The molecule has 152 valence electrons. The highest BCUT2D eigenvalue weighted by Crippen LogP contribution is 2.34. The Morgan fingerprint density at radius 1 is 1.13 bits per heavy atom. The van der Waals surface area contributed by atoms with Gasteiger partial charge in [-0.15, -0.1) is 10.2 Å². The number of rotatable bonds is 7. The third-order valence-corrected chi connectivity index (χ3v) is 5.24. The number of Topliss-reactive ketones (excluding diaryl/α,β-unsaturated/α-hetero) is 1. The van der Waals surface area contributed by atoms with Crippen molar-refractivity contribution in [3.05, 3.63) is 77.9 Å². The van der Waals surface area contributed by atoms with Crippen LogP contribution in [0.4, 0.5) is 8.78 Å². The summed E-state index contributed by atoms with van der Waals surface area (Å²) in [6.07, 6.45) is 3.12. The second-order valence-corrected chi connectivity index (χ2v) is 7.12. The molecule has 3 heterocycles. The van der Waals surface area contributed by atoms with Crippen molar-refractivity contribution in [3.8, 4) is 11.5 Å². The first-order valence-electron chi connectivity index (χ1n) is 8.74. The van der Waals surface area contributed by atoms with Crippen LogP contribution in [0.25, 0.3) is 11.5 Å². The number of aliphatic hydroxyl groups is 1. The maximum atomic E-state index is 14.5. The summed E-state index contributed by atoms with van der Waals surface area (Å²) in [7, 11) is 0. The number of aromatic nitrogens is 4. The number of hydrogen-bond donors (Lipinski definition) is 1. The van der Waals surface area contributed by atoms with Crippen molar-refractivity contribution in [3.63, 3.8) is 0 Å². The summed E-state index contributed by atoms with van der Waals surface area (Å²) in [5.74, 6) is -1.66. The minimum atomic E-state index is -0.941. The lowest BCUT2D eigenvalue weighted by atomic mass is 10.1. The van der Waals surface area contributed by atoms with Gasteiger partial charge in [0.2, 0.25) is 0 Å². The Morgan fingerprint density at radius 3 is 2.57 bits per heavy atom. The average Bonchev–Trinajstić information content (AvgIpc) is 3.41. The molecule has 4 rings (SSSR count). The maximum absolute atomic E-state index is 14.5. The quantitative estimate of drug-likeness (QED) is 0.450. The van der Waals surface area contributed by atoms with E-state index < -0.39 is 24.0 Å². The largest absolute Gasteiger partial charge is 0.467 e. The molecule has 3 aromatic heterocycles. The lowest BCUT2D eigenvalue weighted by Crippen LogP contribution is -2.07. The molecule has 0 radical (unpaired) electrons. The van der Waals surface area contributed by atoms with Crippen molar-refractivity contribution < 1.29 is 23.1 Å². The third-order valence-electron chi connectivity index (χ3n) is 4.16. The minimum absolute atomic E-state index is 0.214. The second-order valence-electron chi connectivity index (χ2n) is 6.14. The van der Waals surface area contributed by atoms with Gasteiger partial charge in [0, 0.05) is 11.8 Å². The van der Waals surface area contributed by atoms with Crippen molar-refractivity contribution in [1.29, 1.82) is 0 Å². The number of benzene rings is 1. The summed E-state index contributed by atoms with van der Waals surface area (Å²) in [5, 5.41) is 17.3. The molecule has 7 nitrogen and oxygen atoms in total. The standard InChI is InChI=1S/C20H14F2N4O3S/c21-14-8-12(17(28)11-27)9-15(22)18(14)30-20-25-24-19(16-5-1-2-6-23-16)26(20)10-13-4-3-7-29-13/h1-9,27H,10-11H2. The van der Waals surface area contributed by atoms with Crippen LogP contribution in [0.15, 0.2) is 69.4 Å². The molecule has 1 aromatic carbocycles. The molecule has 0 aliphatic heterocycles. The molecule has 30 heavy (non-hydrogen) atoms. The second kappa shape index (κ2) is 8.56. The van der Waals surface area contributed by atoms with Crippen LogP contribution in [0.5, 0.6) is 0 Å². The van der Waals surface area contributed by atoms with Gasteiger partial charge in [-0.3, -0.25) is 14.3 Å². The number of nitrogens with zero attached hydrogens (tertiary/aromatic N) is 4. The number of aliphatic hydroxyl groups excluding tert-OH is 1. The molecule has 0 bridgehead atoms. The Labute approximate surface area is 173 Å². The van der Waals surface area contributed by atoms with Gasteiger partial charge in [-0.2, -0.15) is 0 Å². The van der Waals surface area contributed by atoms with Gasteiger partial charge in [0.25, 0.3) is 0 Å². The van der Waals surface area contributed by atoms with E-state index in [2.05, 4.69) is 15.2 Å². The van der Waals surface area contributed by atoms with Crippen molar-refractivity contribution in [2.75, 3.05) is 6.61 Å². The molecule has 0 saturated carbocycles. The molecular weight excluding hydrogens is 414 g/mol. The normalized spacial score (nSPS) is 11.0. The number of halogens is 2. The van der Waals surface area contributed by atoms with Crippen LogP contribution in [0.3, 0.4) is 0 Å². The predicted octanol–water partition coefficient (Wildman–Crippen LogP) is 3.59. The molecule has 4 aromatic rings. The first kappa shape index (κ1) is 19.9. The van der Waals surface area contributed by atoms with E-state index >= 15 is 0 Å². The fourth-order valence-electron chi connectivity index (χ4n) is 2.75. The molecule has 0 aliphatic rings. The summed E-state index contributed by atoms with van der Waals surface area (Å²) >= 11 is 0.729. The molecule has 0 atom stereocenters. The fraction of sp³-hybridized carbons (Fsp3) is 0.100. The van der Waals surface area contributed by atoms with Gasteiger partial charge in [-0.05, 0) is 48.2 Å². The van der Waals surface area contributed by atoms with E-state index in [0.29, 0.717) is 17.3 Å². The SMILES string of the molecule is O=C(CO)c1cc(F)c(Sc2nnc(-c3ccccn3)n2Cc2ccco2)c(F)c1. The molecule has 0 unspecified atom stereocenters. The van der Waals surface area contributed by atoms with Crippen LogP contribution in [0.1, 0.15) is 16.1 Å². The highest BCUT2D eigenvalue weighted by molar-refractivity contribution is 7.99. The van der Waals surface area contributed by atoms with Crippen molar-refractivity contribution in [2.45, 2.75) is 16.6 Å². The molecule has 10 heteroatoms. The minimum Gasteiger partial charge on any atom is -0.467 e. The number of carbonyl (C=O) groups is 1. The van der Waals surface area contributed by atoms with E-state index in [4.69, 9.17) is 9.52 Å². The van der Waals surface area contributed by atoms with Gasteiger partial charge < -0.3 is 9.52 Å². The van der Waals surface area contributed by atoms with Gasteiger partial charge in [-0.25, -0.2) is 8.78 Å². The lowest BCUT2D eigenvalue weighted by molar-refractivity contribution is 0.0902. The summed E-state index contributed by atoms with van der Waals surface area (Å²) in [6, 6.07) is 10.5. The zero-order chi connectivity index (χ0) is 21.1. The van der Waals surface area contributed by atoms with Crippen LogP contribution in [-0.2, 0) is 6.54 Å². The first-order valence-corrected chi connectivity index (χ1v) is 9.56.